The van der Waals surface area contributed by atoms with Crippen molar-refractivity contribution in [3.63, 3.8) is 0 Å². The lowest BCUT2D eigenvalue weighted by Crippen LogP contribution is -2.53. The maximum atomic E-state index is 13.3. The number of aliphatic carboxylic acids is 1. The highest BCUT2D eigenvalue weighted by Crippen LogP contribution is 2.30. The molecule has 0 bridgehead atoms. The van der Waals surface area contributed by atoms with Gasteiger partial charge in [-0.15, -0.1) is 4.41 Å². The van der Waals surface area contributed by atoms with Gasteiger partial charge >= 0.3 is 12.0 Å². The van der Waals surface area contributed by atoms with Crippen molar-refractivity contribution in [2.75, 3.05) is 20.2 Å². The van der Waals surface area contributed by atoms with Crippen molar-refractivity contribution in [3.05, 3.63) is 82.9 Å². The molecule has 1 aliphatic rings. The zero-order valence-corrected chi connectivity index (χ0v) is 22.5. The van der Waals surface area contributed by atoms with Crippen LogP contribution in [-0.2, 0) is 21.2 Å². The topological polar surface area (TPSA) is 116 Å². The van der Waals surface area contributed by atoms with Crippen molar-refractivity contribution in [2.45, 2.75) is 30.7 Å². The van der Waals surface area contributed by atoms with Crippen LogP contribution in [0.15, 0.2) is 71.6 Å². The van der Waals surface area contributed by atoms with Crippen LogP contribution in [0.2, 0.25) is 5.02 Å². The number of carboxylic acids is 1. The first kappa shape index (κ1) is 27.4. The maximum Gasteiger partial charge on any atom is 0.333 e. The number of aryl methyl sites for hydroxylation is 1. The minimum absolute atomic E-state index is 0.0152. The Labute approximate surface area is 226 Å². The Morgan fingerprint density at radius 2 is 1.79 bits per heavy atom. The summed E-state index contributed by atoms with van der Waals surface area (Å²) in [7, 11) is -2.48. The molecule has 1 aliphatic heterocycles. The average Bonchev–Trinajstić information content (AvgIpc) is 3.39. The number of carboxylic acid groups (broad SMARTS) is 1. The quantitative estimate of drug-likeness (QED) is 0.425. The second-order valence-electron chi connectivity index (χ2n) is 8.93. The van der Waals surface area contributed by atoms with E-state index in [0.717, 1.165) is 20.6 Å². The lowest BCUT2D eigenvalue weighted by Gasteiger charge is -2.28. The summed E-state index contributed by atoms with van der Waals surface area (Å²) in [5, 5.41) is 13.6. The molecule has 0 spiro atoms. The second kappa shape index (κ2) is 11.4. The van der Waals surface area contributed by atoms with Crippen LogP contribution in [0.4, 0.5) is 4.79 Å². The Bertz CT molecular complexity index is 1430. The van der Waals surface area contributed by atoms with Crippen LogP contribution in [0.1, 0.15) is 17.5 Å². The van der Waals surface area contributed by atoms with E-state index in [1.165, 1.54) is 12.1 Å². The third kappa shape index (κ3) is 5.93. The molecule has 3 aromatic carbocycles. The van der Waals surface area contributed by atoms with E-state index in [-0.39, 0.29) is 29.4 Å². The molecule has 0 saturated carbocycles. The summed E-state index contributed by atoms with van der Waals surface area (Å²) < 4.78 is 32.9. The SMILES string of the molecule is COc1ccccc1-c1ccc(C[C@H](NC(=O)N2CCCN2S(=O)(=O)c2cc(C)cc(Cl)c2)C(=O)O)cc1. The number of carbonyl (C=O) groups is 2. The van der Waals surface area contributed by atoms with Gasteiger partial charge in [-0.3, -0.25) is 0 Å². The fraction of sp³-hybridized carbons (Fsp3) is 0.259. The van der Waals surface area contributed by atoms with Gasteiger partial charge in [-0.1, -0.05) is 54.1 Å². The van der Waals surface area contributed by atoms with Gasteiger partial charge < -0.3 is 15.2 Å². The summed E-state index contributed by atoms with van der Waals surface area (Å²) in [6, 6.07) is 17.2. The third-order valence-corrected chi connectivity index (χ3v) is 8.21. The number of urea groups is 1. The molecular formula is C27H28ClN3O6S. The molecule has 200 valence electrons. The number of para-hydroxylation sites is 1. The van der Waals surface area contributed by atoms with E-state index in [0.29, 0.717) is 23.3 Å². The number of sulfonamides is 1. The minimum atomic E-state index is -4.07. The molecule has 0 radical (unpaired) electrons. The van der Waals surface area contributed by atoms with Gasteiger partial charge in [-0.25, -0.2) is 23.0 Å². The number of methoxy groups -OCH3 is 1. The van der Waals surface area contributed by atoms with E-state index >= 15 is 0 Å². The van der Waals surface area contributed by atoms with Crippen molar-refractivity contribution in [2.24, 2.45) is 0 Å². The number of ether oxygens (including phenoxy) is 1. The van der Waals surface area contributed by atoms with Crippen LogP contribution in [0.5, 0.6) is 5.75 Å². The van der Waals surface area contributed by atoms with Crippen LogP contribution < -0.4 is 10.1 Å². The van der Waals surface area contributed by atoms with Crippen LogP contribution in [0.3, 0.4) is 0 Å². The van der Waals surface area contributed by atoms with Crippen LogP contribution in [0, 0.1) is 6.92 Å². The number of rotatable bonds is 8. The average molecular weight is 558 g/mol. The summed E-state index contributed by atoms with van der Waals surface area (Å²) in [6.45, 7) is 1.94. The molecule has 2 N–H and O–H groups in total. The van der Waals surface area contributed by atoms with Gasteiger partial charge in [0.15, 0.2) is 0 Å². The second-order valence-corrected chi connectivity index (χ2v) is 11.2. The molecule has 9 nitrogen and oxygen atoms in total. The number of amides is 2. The molecular weight excluding hydrogens is 530 g/mol. The first-order chi connectivity index (χ1) is 18.1. The normalized spacial score (nSPS) is 14.8. The highest BCUT2D eigenvalue weighted by Gasteiger charge is 2.38. The molecule has 2 amide bonds. The van der Waals surface area contributed by atoms with Gasteiger partial charge in [-0.05, 0) is 54.3 Å². The highest BCUT2D eigenvalue weighted by molar-refractivity contribution is 7.89. The zero-order valence-electron chi connectivity index (χ0n) is 20.9. The molecule has 0 unspecified atom stereocenters. The van der Waals surface area contributed by atoms with Crippen molar-refractivity contribution in [3.8, 4) is 16.9 Å². The van der Waals surface area contributed by atoms with Crippen molar-refractivity contribution < 1.29 is 27.9 Å². The molecule has 0 aromatic heterocycles. The zero-order chi connectivity index (χ0) is 27.4. The fourth-order valence-corrected chi connectivity index (χ4v) is 6.37. The first-order valence-electron chi connectivity index (χ1n) is 11.9. The third-order valence-electron chi connectivity index (χ3n) is 6.22. The monoisotopic (exact) mass is 557 g/mol. The molecule has 3 aromatic rings. The van der Waals surface area contributed by atoms with E-state index in [2.05, 4.69) is 5.32 Å². The molecule has 11 heteroatoms. The van der Waals surface area contributed by atoms with Gasteiger partial charge in [-0.2, -0.15) is 0 Å². The number of halogens is 1. The van der Waals surface area contributed by atoms with Crippen molar-refractivity contribution in [1.29, 1.82) is 0 Å². The standard InChI is InChI=1S/C27H28ClN3O6S/c1-18-14-21(28)17-22(15-18)38(35,36)31-13-5-12-30(31)27(34)29-24(26(32)33)16-19-8-10-20(11-9-19)23-6-3-4-7-25(23)37-2/h3-4,6-11,14-15,17,24H,5,12-13,16H2,1-2H3,(H,29,34)(H,32,33)/t24-/m0/s1. The van der Waals surface area contributed by atoms with Gasteiger partial charge in [0, 0.05) is 30.1 Å². The molecule has 0 aliphatic carbocycles. The largest absolute Gasteiger partial charge is 0.496 e. The number of nitrogens with one attached hydrogen (secondary N) is 1. The molecule has 1 atom stereocenters. The van der Waals surface area contributed by atoms with E-state index in [1.807, 2.05) is 36.4 Å². The number of benzene rings is 3. The summed E-state index contributed by atoms with van der Waals surface area (Å²) >= 11 is 6.05. The Balaban J connectivity index is 1.49. The first-order valence-corrected chi connectivity index (χ1v) is 13.7. The smallest absolute Gasteiger partial charge is 0.333 e. The predicted octanol–water partition coefficient (Wildman–Crippen LogP) is 4.34. The Morgan fingerprint density at radius 1 is 1.08 bits per heavy atom. The molecule has 1 fully saturated rings. The van der Waals surface area contributed by atoms with Gasteiger partial charge in [0.05, 0.1) is 12.0 Å². The number of carbonyl (C=O) groups excluding carboxylic acids is 1. The Kier molecular flexibility index (Phi) is 8.25. The summed E-state index contributed by atoms with van der Waals surface area (Å²) in [5.74, 6) is -0.514. The van der Waals surface area contributed by atoms with E-state index in [9.17, 15) is 23.1 Å². The molecule has 1 heterocycles. The number of hydrogen-bond acceptors (Lipinski definition) is 5. The molecule has 1 saturated heterocycles. The Hall–Kier alpha value is -3.60. The highest BCUT2D eigenvalue weighted by atomic mass is 35.5. The fourth-order valence-electron chi connectivity index (χ4n) is 4.38. The lowest BCUT2D eigenvalue weighted by molar-refractivity contribution is -0.139. The number of nitrogens with zero attached hydrogens (tertiary/aromatic N) is 2. The van der Waals surface area contributed by atoms with Crippen molar-refractivity contribution in [1.82, 2.24) is 14.7 Å². The minimum Gasteiger partial charge on any atom is -0.496 e. The molecule has 38 heavy (non-hydrogen) atoms. The van der Waals surface area contributed by atoms with E-state index in [4.69, 9.17) is 16.3 Å². The summed E-state index contributed by atoms with van der Waals surface area (Å²) in [4.78, 5) is 25.1. The maximum absolute atomic E-state index is 13.3. The summed E-state index contributed by atoms with van der Waals surface area (Å²) in [6.07, 6.45) is 0.426. The molecule has 4 rings (SSSR count). The van der Waals surface area contributed by atoms with E-state index in [1.54, 1.807) is 32.2 Å². The lowest BCUT2D eigenvalue weighted by atomic mass is 10.00. The van der Waals surface area contributed by atoms with Gasteiger partial charge in [0.2, 0.25) is 0 Å². The van der Waals surface area contributed by atoms with Crippen LogP contribution in [0.25, 0.3) is 11.1 Å². The van der Waals surface area contributed by atoms with E-state index < -0.39 is 28.1 Å². The Morgan fingerprint density at radius 3 is 2.45 bits per heavy atom. The predicted molar refractivity (Wildman–Crippen MR) is 143 cm³/mol. The van der Waals surface area contributed by atoms with Crippen LogP contribution >= 0.6 is 11.6 Å². The number of hydrogen-bond donors (Lipinski definition) is 2. The van der Waals surface area contributed by atoms with Gasteiger partial charge in [0.1, 0.15) is 11.8 Å². The van der Waals surface area contributed by atoms with Gasteiger partial charge in [0.25, 0.3) is 10.0 Å². The van der Waals surface area contributed by atoms with Crippen molar-refractivity contribution >= 4 is 33.6 Å². The number of hydrazine groups is 1. The van der Waals surface area contributed by atoms with Crippen LogP contribution in [-0.4, -0.2) is 61.2 Å². The summed E-state index contributed by atoms with van der Waals surface area (Å²) in [5.41, 5.74) is 3.15.